The van der Waals surface area contributed by atoms with Crippen molar-refractivity contribution in [3.05, 3.63) is 23.8 Å². The molecule has 0 saturated heterocycles. The molecule has 0 amide bonds. The average Bonchev–Trinajstić information content (AvgIpc) is 3.08. The van der Waals surface area contributed by atoms with E-state index in [4.69, 9.17) is 19.8 Å². The van der Waals surface area contributed by atoms with E-state index in [0.29, 0.717) is 23.7 Å². The van der Waals surface area contributed by atoms with Crippen LogP contribution in [0.5, 0.6) is 0 Å². The van der Waals surface area contributed by atoms with Gasteiger partial charge in [-0.3, -0.25) is 4.99 Å². The predicted molar refractivity (Wildman–Crippen MR) is 89.9 cm³/mol. The Kier molecular flexibility index (Phi) is 6.01. The van der Waals surface area contributed by atoms with Gasteiger partial charge in [-0.1, -0.05) is 6.07 Å². The van der Waals surface area contributed by atoms with Crippen LogP contribution in [-0.4, -0.2) is 59.9 Å². The van der Waals surface area contributed by atoms with E-state index in [1.807, 2.05) is 11.9 Å². The fourth-order valence-corrected chi connectivity index (χ4v) is 3.98. The van der Waals surface area contributed by atoms with Gasteiger partial charge in [-0.15, -0.1) is 11.8 Å². The number of anilines is 1. The first-order valence-electron chi connectivity index (χ1n) is 7.43. The van der Waals surface area contributed by atoms with E-state index >= 15 is 0 Å². The molecule has 0 aliphatic carbocycles. The monoisotopic (exact) mass is 391 g/mol. The SMILES string of the molecule is CN1CC(C2=NCCN2)Sc2c1cccc2C(F)(F)F.O=C(O)C(=O)O. The summed E-state index contributed by atoms with van der Waals surface area (Å²) in [6.07, 6.45) is -4.33. The number of nitrogens with one attached hydrogen (secondary N) is 1. The Morgan fingerprint density at radius 1 is 1.31 bits per heavy atom. The Hall–Kier alpha value is -2.43. The summed E-state index contributed by atoms with van der Waals surface area (Å²) in [6, 6.07) is 4.34. The van der Waals surface area contributed by atoms with Crippen LogP contribution in [-0.2, 0) is 15.8 Å². The lowest BCUT2D eigenvalue weighted by molar-refractivity contribution is -0.159. The quantitative estimate of drug-likeness (QED) is 0.627. The van der Waals surface area contributed by atoms with E-state index in [0.717, 1.165) is 18.4 Å². The van der Waals surface area contributed by atoms with E-state index < -0.39 is 23.7 Å². The molecule has 1 aromatic rings. The topological polar surface area (TPSA) is 102 Å². The van der Waals surface area contributed by atoms with Crippen molar-refractivity contribution in [1.82, 2.24) is 5.32 Å². The van der Waals surface area contributed by atoms with E-state index in [9.17, 15) is 13.2 Å². The van der Waals surface area contributed by atoms with Gasteiger partial charge in [-0.05, 0) is 12.1 Å². The number of carboxylic acids is 2. The zero-order chi connectivity index (χ0) is 19.5. The molecule has 3 rings (SSSR count). The van der Waals surface area contributed by atoms with Gasteiger partial charge in [0.05, 0.1) is 23.0 Å². The van der Waals surface area contributed by atoms with Gasteiger partial charge in [-0.25, -0.2) is 9.59 Å². The largest absolute Gasteiger partial charge is 0.473 e. The van der Waals surface area contributed by atoms with Gasteiger partial charge in [-0.2, -0.15) is 13.2 Å². The fraction of sp³-hybridized carbons (Fsp3) is 0.400. The van der Waals surface area contributed by atoms with Crippen molar-refractivity contribution in [3.8, 4) is 0 Å². The molecular weight excluding hydrogens is 375 g/mol. The normalized spacial score (nSPS) is 18.8. The third kappa shape index (κ3) is 4.59. The maximum absolute atomic E-state index is 13.1. The Morgan fingerprint density at radius 2 is 1.96 bits per heavy atom. The highest BCUT2D eigenvalue weighted by molar-refractivity contribution is 8.01. The summed E-state index contributed by atoms with van der Waals surface area (Å²) < 4.78 is 39.4. The van der Waals surface area contributed by atoms with Gasteiger partial charge in [0, 0.05) is 25.0 Å². The summed E-state index contributed by atoms with van der Waals surface area (Å²) in [6.45, 7) is 2.12. The smallest absolute Gasteiger partial charge is 0.417 e. The van der Waals surface area contributed by atoms with Crippen LogP contribution in [0.1, 0.15) is 5.56 Å². The number of aliphatic carboxylic acids is 2. The standard InChI is InChI=1S/C13H14F3N3S.C2H2O4/c1-19-7-10(12-17-5-6-18-12)20-11-8(13(14,15)16)3-2-4-9(11)19;3-1(4)2(5)6/h2-4,10H,5-7H2,1H3,(H,17,18);(H,3,4)(H,5,6). The molecule has 7 nitrogen and oxygen atoms in total. The molecule has 0 fully saturated rings. The van der Waals surface area contributed by atoms with Crippen LogP contribution < -0.4 is 10.2 Å². The molecule has 11 heteroatoms. The second kappa shape index (κ2) is 7.85. The molecular formula is C15H16F3N3O4S. The van der Waals surface area contributed by atoms with E-state index in [1.165, 1.54) is 17.8 Å². The lowest BCUT2D eigenvalue weighted by Gasteiger charge is -2.34. The number of amidine groups is 1. The summed E-state index contributed by atoms with van der Waals surface area (Å²) in [5.41, 5.74) is 0.0785. The van der Waals surface area contributed by atoms with Gasteiger partial charge in [0.25, 0.3) is 0 Å². The fourth-order valence-electron chi connectivity index (χ4n) is 2.47. The molecule has 1 atom stereocenters. The molecule has 0 aromatic heterocycles. The third-order valence-corrected chi connectivity index (χ3v) is 4.92. The van der Waals surface area contributed by atoms with Crippen LogP contribution in [0.2, 0.25) is 0 Å². The van der Waals surface area contributed by atoms with Crippen molar-refractivity contribution in [3.63, 3.8) is 0 Å². The molecule has 142 valence electrons. The number of aliphatic imine (C=N–C) groups is 1. The Bertz CT molecular complexity index is 727. The van der Waals surface area contributed by atoms with Gasteiger partial charge in [0.2, 0.25) is 0 Å². The number of nitrogens with zero attached hydrogens (tertiary/aromatic N) is 2. The van der Waals surface area contributed by atoms with Crippen molar-refractivity contribution < 1.29 is 33.0 Å². The van der Waals surface area contributed by atoms with Gasteiger partial charge in [0.15, 0.2) is 0 Å². The predicted octanol–water partition coefficient (Wildman–Crippen LogP) is 1.77. The number of hydrogen-bond acceptors (Lipinski definition) is 6. The lowest BCUT2D eigenvalue weighted by Crippen LogP contribution is -2.40. The van der Waals surface area contributed by atoms with Crippen molar-refractivity contribution in [2.24, 2.45) is 4.99 Å². The summed E-state index contributed by atoms with van der Waals surface area (Å²) in [7, 11) is 1.82. The summed E-state index contributed by atoms with van der Waals surface area (Å²) in [5.74, 6) is -2.84. The molecule has 1 unspecified atom stereocenters. The van der Waals surface area contributed by atoms with Crippen LogP contribution in [0.15, 0.2) is 28.1 Å². The van der Waals surface area contributed by atoms with Crippen LogP contribution >= 0.6 is 11.8 Å². The molecule has 0 bridgehead atoms. The number of fused-ring (bicyclic) bond motifs is 1. The highest BCUT2D eigenvalue weighted by Crippen LogP contribution is 2.46. The van der Waals surface area contributed by atoms with Crippen LogP contribution in [0.3, 0.4) is 0 Å². The number of rotatable bonds is 1. The molecule has 1 aromatic carbocycles. The van der Waals surface area contributed by atoms with E-state index in [1.54, 1.807) is 6.07 Å². The zero-order valence-corrected chi connectivity index (χ0v) is 14.4. The van der Waals surface area contributed by atoms with E-state index in [-0.39, 0.29) is 5.25 Å². The molecule has 2 heterocycles. The maximum Gasteiger partial charge on any atom is 0.417 e. The highest BCUT2D eigenvalue weighted by atomic mass is 32.2. The lowest BCUT2D eigenvalue weighted by atomic mass is 10.1. The molecule has 0 radical (unpaired) electrons. The maximum atomic E-state index is 13.1. The van der Waals surface area contributed by atoms with Crippen molar-refractivity contribution in [2.75, 3.05) is 31.6 Å². The first kappa shape index (κ1) is 19.9. The van der Waals surface area contributed by atoms with Gasteiger partial charge >= 0.3 is 18.1 Å². The van der Waals surface area contributed by atoms with Crippen LogP contribution in [0.25, 0.3) is 0 Å². The number of hydrogen-bond donors (Lipinski definition) is 3. The second-order valence-corrected chi connectivity index (χ2v) is 6.66. The van der Waals surface area contributed by atoms with Crippen molar-refractivity contribution in [2.45, 2.75) is 16.3 Å². The first-order valence-corrected chi connectivity index (χ1v) is 8.31. The summed E-state index contributed by atoms with van der Waals surface area (Å²) in [5, 5.41) is 17.9. The first-order chi connectivity index (χ1) is 12.1. The van der Waals surface area contributed by atoms with Crippen molar-refractivity contribution >= 4 is 35.2 Å². The number of carbonyl (C=O) groups is 2. The van der Waals surface area contributed by atoms with E-state index in [2.05, 4.69) is 10.3 Å². The van der Waals surface area contributed by atoms with Gasteiger partial charge in [0.1, 0.15) is 5.84 Å². The third-order valence-electron chi connectivity index (χ3n) is 3.60. The molecule has 26 heavy (non-hydrogen) atoms. The number of halogens is 3. The Balaban J connectivity index is 0.000000352. The molecule has 0 spiro atoms. The van der Waals surface area contributed by atoms with Crippen LogP contribution in [0.4, 0.5) is 18.9 Å². The number of benzene rings is 1. The summed E-state index contributed by atoms with van der Waals surface area (Å²) >= 11 is 1.26. The molecule has 3 N–H and O–H groups in total. The number of alkyl halides is 3. The Morgan fingerprint density at radius 3 is 2.46 bits per heavy atom. The minimum Gasteiger partial charge on any atom is -0.473 e. The Labute approximate surface area is 150 Å². The average molecular weight is 391 g/mol. The molecule has 2 aliphatic heterocycles. The molecule has 2 aliphatic rings. The number of carboxylic acid groups (broad SMARTS) is 2. The molecule has 0 saturated carbocycles. The summed E-state index contributed by atoms with van der Waals surface area (Å²) in [4.78, 5) is 24.7. The zero-order valence-electron chi connectivity index (χ0n) is 13.6. The highest BCUT2D eigenvalue weighted by Gasteiger charge is 2.38. The number of thioether (sulfide) groups is 1. The second-order valence-electron chi connectivity index (χ2n) is 5.44. The minimum absolute atomic E-state index is 0.0708. The van der Waals surface area contributed by atoms with Crippen molar-refractivity contribution in [1.29, 1.82) is 0 Å². The van der Waals surface area contributed by atoms with Gasteiger partial charge < -0.3 is 20.4 Å². The van der Waals surface area contributed by atoms with Crippen LogP contribution in [0, 0.1) is 0 Å². The minimum atomic E-state index is -4.33.